The molecule has 5 heteroatoms. The van der Waals surface area contributed by atoms with Crippen LogP contribution >= 0.6 is 0 Å². The molecule has 1 amide bonds. The number of amides is 1. The van der Waals surface area contributed by atoms with Gasteiger partial charge in [-0.15, -0.1) is 0 Å². The van der Waals surface area contributed by atoms with Crippen molar-refractivity contribution in [3.05, 3.63) is 30.1 Å². The Kier molecular flexibility index (Phi) is 4.15. The standard InChI is InChI=1S/C13H16FNO3/c14-10-3-5-11(6-4-10)18-8-13(17)15-7-12(16)9-1-2-9/h3-6,9,12,16H,1-2,7-8H2,(H,15,17). The van der Waals surface area contributed by atoms with Gasteiger partial charge in [0.25, 0.3) is 5.91 Å². The summed E-state index contributed by atoms with van der Waals surface area (Å²) in [6.45, 7) is 0.124. The minimum atomic E-state index is -0.459. The van der Waals surface area contributed by atoms with E-state index < -0.39 is 6.10 Å². The first-order valence-corrected chi connectivity index (χ1v) is 5.98. The molecule has 2 N–H and O–H groups in total. The zero-order chi connectivity index (χ0) is 13.0. The largest absolute Gasteiger partial charge is 0.484 e. The van der Waals surface area contributed by atoms with Crippen LogP contribution in [0.5, 0.6) is 5.75 Å². The fraction of sp³-hybridized carbons (Fsp3) is 0.462. The summed E-state index contributed by atoms with van der Waals surface area (Å²) >= 11 is 0. The number of ether oxygens (including phenoxy) is 1. The first-order valence-electron chi connectivity index (χ1n) is 5.98. The van der Waals surface area contributed by atoms with Crippen molar-refractivity contribution in [2.45, 2.75) is 18.9 Å². The van der Waals surface area contributed by atoms with Crippen LogP contribution in [0.4, 0.5) is 4.39 Å². The molecule has 2 rings (SSSR count). The van der Waals surface area contributed by atoms with E-state index in [1.807, 2.05) is 0 Å². The van der Waals surface area contributed by atoms with E-state index in [2.05, 4.69) is 5.32 Å². The third kappa shape index (κ3) is 4.00. The number of benzene rings is 1. The number of halogens is 1. The molecule has 4 nitrogen and oxygen atoms in total. The van der Waals surface area contributed by atoms with Gasteiger partial charge in [-0.05, 0) is 43.0 Å². The van der Waals surface area contributed by atoms with Gasteiger partial charge in [-0.1, -0.05) is 0 Å². The predicted octanol–water partition coefficient (Wildman–Crippen LogP) is 1.09. The molecule has 98 valence electrons. The SMILES string of the molecule is O=C(COc1ccc(F)cc1)NCC(O)C1CC1. The molecule has 1 saturated carbocycles. The van der Waals surface area contributed by atoms with Crippen LogP contribution < -0.4 is 10.1 Å². The summed E-state index contributed by atoms with van der Waals surface area (Å²) in [5.41, 5.74) is 0. The number of hydrogen-bond acceptors (Lipinski definition) is 3. The molecule has 0 aliphatic heterocycles. The average molecular weight is 253 g/mol. The van der Waals surface area contributed by atoms with Crippen LogP contribution in [0.25, 0.3) is 0 Å². The Morgan fingerprint density at radius 1 is 1.44 bits per heavy atom. The minimum absolute atomic E-state index is 0.136. The van der Waals surface area contributed by atoms with Crippen LogP contribution in [0.3, 0.4) is 0 Å². The molecule has 0 spiro atoms. The lowest BCUT2D eigenvalue weighted by Crippen LogP contribution is -2.36. The number of aliphatic hydroxyl groups is 1. The van der Waals surface area contributed by atoms with Crippen molar-refractivity contribution in [2.24, 2.45) is 5.92 Å². The molecule has 1 aliphatic rings. The lowest BCUT2D eigenvalue weighted by molar-refractivity contribution is -0.123. The van der Waals surface area contributed by atoms with E-state index >= 15 is 0 Å². The summed E-state index contributed by atoms with van der Waals surface area (Å²) in [5, 5.41) is 12.2. The molecular formula is C13H16FNO3. The molecule has 1 aromatic carbocycles. The summed E-state index contributed by atoms with van der Waals surface area (Å²) in [5.74, 6) is 0.135. The van der Waals surface area contributed by atoms with Gasteiger partial charge in [-0.25, -0.2) is 4.39 Å². The molecule has 1 atom stereocenters. The Labute approximate surface area is 105 Å². The number of hydrogen-bond donors (Lipinski definition) is 2. The highest BCUT2D eigenvalue weighted by molar-refractivity contribution is 5.77. The fourth-order valence-corrected chi connectivity index (χ4v) is 1.60. The van der Waals surface area contributed by atoms with E-state index in [1.54, 1.807) is 0 Å². The lowest BCUT2D eigenvalue weighted by atomic mass is 10.2. The predicted molar refractivity (Wildman–Crippen MR) is 63.6 cm³/mol. The maximum atomic E-state index is 12.6. The van der Waals surface area contributed by atoms with Crippen molar-refractivity contribution < 1.29 is 19.0 Å². The van der Waals surface area contributed by atoms with Gasteiger partial charge in [-0.2, -0.15) is 0 Å². The molecular weight excluding hydrogens is 237 g/mol. The summed E-state index contributed by atoms with van der Waals surface area (Å²) in [7, 11) is 0. The molecule has 1 unspecified atom stereocenters. The maximum absolute atomic E-state index is 12.6. The van der Waals surface area contributed by atoms with Crippen molar-refractivity contribution in [2.75, 3.05) is 13.2 Å². The molecule has 1 aromatic rings. The van der Waals surface area contributed by atoms with E-state index in [0.29, 0.717) is 11.7 Å². The van der Waals surface area contributed by atoms with Crippen LogP contribution in [0, 0.1) is 11.7 Å². The van der Waals surface area contributed by atoms with Gasteiger partial charge in [0.05, 0.1) is 6.10 Å². The highest BCUT2D eigenvalue weighted by atomic mass is 19.1. The number of nitrogens with one attached hydrogen (secondary N) is 1. The summed E-state index contributed by atoms with van der Waals surface area (Å²) in [4.78, 5) is 11.4. The zero-order valence-corrected chi connectivity index (χ0v) is 9.93. The summed E-state index contributed by atoms with van der Waals surface area (Å²) in [6, 6.07) is 5.46. The zero-order valence-electron chi connectivity index (χ0n) is 9.93. The van der Waals surface area contributed by atoms with Crippen LogP contribution in [0.1, 0.15) is 12.8 Å². The van der Waals surface area contributed by atoms with Crippen molar-refractivity contribution in [3.8, 4) is 5.75 Å². The van der Waals surface area contributed by atoms with Gasteiger partial charge in [0.1, 0.15) is 11.6 Å². The number of carbonyl (C=O) groups excluding carboxylic acids is 1. The van der Waals surface area contributed by atoms with Gasteiger partial charge < -0.3 is 15.2 Å². The third-order valence-corrected chi connectivity index (χ3v) is 2.86. The number of aliphatic hydroxyl groups excluding tert-OH is 1. The Morgan fingerprint density at radius 3 is 2.72 bits per heavy atom. The summed E-state index contributed by atoms with van der Waals surface area (Å²) < 4.78 is 17.8. The van der Waals surface area contributed by atoms with E-state index in [-0.39, 0.29) is 24.9 Å². The second-order valence-electron chi connectivity index (χ2n) is 4.45. The molecule has 18 heavy (non-hydrogen) atoms. The Morgan fingerprint density at radius 2 is 2.11 bits per heavy atom. The second kappa shape index (κ2) is 5.82. The normalized spacial score (nSPS) is 16.1. The molecule has 1 aliphatic carbocycles. The van der Waals surface area contributed by atoms with Crippen LogP contribution in [-0.2, 0) is 4.79 Å². The monoisotopic (exact) mass is 253 g/mol. The minimum Gasteiger partial charge on any atom is -0.484 e. The van der Waals surface area contributed by atoms with Crippen LogP contribution in [-0.4, -0.2) is 30.3 Å². The molecule has 0 bridgehead atoms. The first kappa shape index (κ1) is 12.8. The van der Waals surface area contributed by atoms with E-state index in [0.717, 1.165) is 12.8 Å². The average Bonchev–Trinajstić information content (AvgIpc) is 3.19. The Bertz CT molecular complexity index is 403. The number of carbonyl (C=O) groups is 1. The molecule has 0 radical (unpaired) electrons. The highest BCUT2D eigenvalue weighted by Gasteiger charge is 2.29. The van der Waals surface area contributed by atoms with E-state index in [9.17, 15) is 14.3 Å². The molecule has 1 fully saturated rings. The van der Waals surface area contributed by atoms with Gasteiger partial charge >= 0.3 is 0 Å². The van der Waals surface area contributed by atoms with Gasteiger partial charge in [0.15, 0.2) is 6.61 Å². The lowest BCUT2D eigenvalue weighted by Gasteiger charge is -2.11. The molecule has 0 aromatic heterocycles. The second-order valence-corrected chi connectivity index (χ2v) is 4.45. The van der Waals surface area contributed by atoms with Gasteiger partial charge in [0, 0.05) is 6.54 Å². The summed E-state index contributed by atoms with van der Waals surface area (Å²) in [6.07, 6.45) is 1.60. The van der Waals surface area contributed by atoms with Gasteiger partial charge in [0.2, 0.25) is 0 Å². The number of rotatable bonds is 6. The van der Waals surface area contributed by atoms with Crippen molar-refractivity contribution in [3.63, 3.8) is 0 Å². The van der Waals surface area contributed by atoms with E-state index in [1.165, 1.54) is 24.3 Å². The fourth-order valence-electron chi connectivity index (χ4n) is 1.60. The van der Waals surface area contributed by atoms with Crippen LogP contribution in [0.15, 0.2) is 24.3 Å². The Balaban J connectivity index is 1.66. The maximum Gasteiger partial charge on any atom is 0.258 e. The Hall–Kier alpha value is -1.62. The molecule has 0 heterocycles. The van der Waals surface area contributed by atoms with Crippen molar-refractivity contribution >= 4 is 5.91 Å². The van der Waals surface area contributed by atoms with Gasteiger partial charge in [-0.3, -0.25) is 4.79 Å². The van der Waals surface area contributed by atoms with E-state index in [4.69, 9.17) is 4.74 Å². The topological polar surface area (TPSA) is 58.6 Å². The highest BCUT2D eigenvalue weighted by Crippen LogP contribution is 2.32. The van der Waals surface area contributed by atoms with Crippen molar-refractivity contribution in [1.82, 2.24) is 5.32 Å². The van der Waals surface area contributed by atoms with Crippen molar-refractivity contribution in [1.29, 1.82) is 0 Å². The molecule has 0 saturated heterocycles. The first-order chi connectivity index (χ1) is 8.65. The quantitative estimate of drug-likeness (QED) is 0.798. The third-order valence-electron chi connectivity index (χ3n) is 2.86. The van der Waals surface area contributed by atoms with Crippen LogP contribution in [0.2, 0.25) is 0 Å². The smallest absolute Gasteiger partial charge is 0.258 e.